The van der Waals surface area contributed by atoms with Crippen molar-refractivity contribution < 1.29 is 4.79 Å². The van der Waals surface area contributed by atoms with Crippen LogP contribution in [0.25, 0.3) is 0 Å². The average Bonchev–Trinajstić information content (AvgIpc) is 2.69. The minimum Gasteiger partial charge on any atom is -0.295 e. The first-order valence-corrected chi connectivity index (χ1v) is 4.83. The summed E-state index contributed by atoms with van der Waals surface area (Å²) in [6.07, 6.45) is 5.48. The first kappa shape index (κ1) is 10.5. The van der Waals surface area contributed by atoms with Gasteiger partial charge < -0.3 is 0 Å². The van der Waals surface area contributed by atoms with Crippen LogP contribution in [0, 0.1) is 17.2 Å². The van der Waals surface area contributed by atoms with E-state index in [4.69, 9.17) is 5.26 Å². The average molecular weight is 190 g/mol. The van der Waals surface area contributed by atoms with Crippen LogP contribution in [0.4, 0.5) is 0 Å². The summed E-state index contributed by atoms with van der Waals surface area (Å²) < 4.78 is 1.53. The van der Waals surface area contributed by atoms with E-state index in [0.717, 1.165) is 12.8 Å². The van der Waals surface area contributed by atoms with Gasteiger partial charge in [0.1, 0.15) is 0 Å². The molecule has 0 aliphatic heterocycles. The molecule has 1 unspecified atom stereocenters. The van der Waals surface area contributed by atoms with Gasteiger partial charge in [-0.2, -0.15) is 5.26 Å². The molecule has 0 fully saturated rings. The number of hydrogen-bond donors (Lipinski definition) is 0. The summed E-state index contributed by atoms with van der Waals surface area (Å²) in [6, 6.07) is 5.77. The van der Waals surface area contributed by atoms with Crippen LogP contribution < -0.4 is 0 Å². The van der Waals surface area contributed by atoms with Crippen LogP contribution in [0.3, 0.4) is 0 Å². The SMILES string of the molecule is CCCC(C#N)CC(=O)n1cccc1. The molecule has 0 aliphatic carbocycles. The molecule has 0 bridgehead atoms. The molecule has 0 aliphatic rings. The van der Waals surface area contributed by atoms with Crippen molar-refractivity contribution in [3.8, 4) is 6.07 Å². The maximum absolute atomic E-state index is 11.6. The molecule has 1 aromatic heterocycles. The summed E-state index contributed by atoms with van der Waals surface area (Å²) in [6.45, 7) is 2.02. The van der Waals surface area contributed by atoms with Crippen molar-refractivity contribution in [3.63, 3.8) is 0 Å². The third kappa shape index (κ3) is 2.74. The first-order chi connectivity index (χ1) is 6.77. The van der Waals surface area contributed by atoms with Crippen molar-refractivity contribution in [2.45, 2.75) is 26.2 Å². The van der Waals surface area contributed by atoms with Crippen LogP contribution >= 0.6 is 0 Å². The molecule has 1 rings (SSSR count). The van der Waals surface area contributed by atoms with E-state index < -0.39 is 0 Å². The standard InChI is InChI=1S/C11H14N2O/c1-2-5-10(9-12)8-11(14)13-6-3-4-7-13/h3-4,6-7,10H,2,5,8H2,1H3. The van der Waals surface area contributed by atoms with E-state index in [1.165, 1.54) is 4.57 Å². The van der Waals surface area contributed by atoms with Gasteiger partial charge in [-0.3, -0.25) is 9.36 Å². The second-order valence-electron chi connectivity index (χ2n) is 3.30. The molecule has 1 heterocycles. The normalized spacial score (nSPS) is 12.0. The summed E-state index contributed by atoms with van der Waals surface area (Å²) in [5, 5.41) is 8.79. The Balaban J connectivity index is 2.52. The van der Waals surface area contributed by atoms with Crippen molar-refractivity contribution in [3.05, 3.63) is 24.5 Å². The molecule has 74 valence electrons. The summed E-state index contributed by atoms with van der Waals surface area (Å²) in [4.78, 5) is 11.6. The van der Waals surface area contributed by atoms with Crippen molar-refractivity contribution in [1.82, 2.24) is 4.57 Å². The van der Waals surface area contributed by atoms with Crippen molar-refractivity contribution in [2.75, 3.05) is 0 Å². The molecule has 14 heavy (non-hydrogen) atoms. The number of carbonyl (C=O) groups is 1. The molecule has 0 N–H and O–H groups in total. The fourth-order valence-corrected chi connectivity index (χ4v) is 1.38. The lowest BCUT2D eigenvalue weighted by molar-refractivity contribution is 0.0888. The zero-order chi connectivity index (χ0) is 10.4. The van der Waals surface area contributed by atoms with Gasteiger partial charge in [-0.25, -0.2) is 0 Å². The lowest BCUT2D eigenvalue weighted by atomic mass is 10.0. The molecule has 0 amide bonds. The molecule has 0 spiro atoms. The smallest absolute Gasteiger partial charge is 0.231 e. The summed E-state index contributed by atoms with van der Waals surface area (Å²) in [5.41, 5.74) is 0. The van der Waals surface area contributed by atoms with E-state index in [9.17, 15) is 4.79 Å². The number of rotatable bonds is 4. The van der Waals surface area contributed by atoms with Gasteiger partial charge in [0.15, 0.2) is 0 Å². The highest BCUT2D eigenvalue weighted by molar-refractivity contribution is 5.79. The maximum atomic E-state index is 11.6. The number of nitrogens with zero attached hydrogens (tertiary/aromatic N) is 2. The Hall–Kier alpha value is -1.56. The van der Waals surface area contributed by atoms with Crippen LogP contribution in [-0.2, 0) is 0 Å². The Morgan fingerprint density at radius 2 is 2.14 bits per heavy atom. The van der Waals surface area contributed by atoms with E-state index in [0.29, 0.717) is 6.42 Å². The van der Waals surface area contributed by atoms with Crippen LogP contribution in [0.5, 0.6) is 0 Å². The van der Waals surface area contributed by atoms with E-state index in [2.05, 4.69) is 6.07 Å². The lowest BCUT2D eigenvalue weighted by Gasteiger charge is -2.06. The monoisotopic (exact) mass is 190 g/mol. The van der Waals surface area contributed by atoms with Gasteiger partial charge in [0.2, 0.25) is 5.91 Å². The Morgan fingerprint density at radius 1 is 1.50 bits per heavy atom. The molecule has 1 aromatic rings. The molecular weight excluding hydrogens is 176 g/mol. The molecule has 0 radical (unpaired) electrons. The number of carbonyl (C=O) groups excluding carboxylic acids is 1. The number of aromatic nitrogens is 1. The lowest BCUT2D eigenvalue weighted by Crippen LogP contribution is -2.13. The quantitative estimate of drug-likeness (QED) is 0.732. The van der Waals surface area contributed by atoms with E-state index in [-0.39, 0.29) is 11.8 Å². The van der Waals surface area contributed by atoms with E-state index >= 15 is 0 Å². The van der Waals surface area contributed by atoms with Gasteiger partial charge in [-0.1, -0.05) is 13.3 Å². The highest BCUT2D eigenvalue weighted by Gasteiger charge is 2.12. The van der Waals surface area contributed by atoms with Crippen LogP contribution in [0.15, 0.2) is 24.5 Å². The fraction of sp³-hybridized carbons (Fsp3) is 0.455. The molecule has 0 aromatic carbocycles. The van der Waals surface area contributed by atoms with Gasteiger partial charge in [0.25, 0.3) is 0 Å². The van der Waals surface area contributed by atoms with Crippen molar-refractivity contribution in [2.24, 2.45) is 5.92 Å². The number of nitriles is 1. The maximum Gasteiger partial charge on any atom is 0.231 e. The third-order valence-electron chi connectivity index (χ3n) is 2.13. The summed E-state index contributed by atoms with van der Waals surface area (Å²) in [7, 11) is 0. The molecule has 3 heteroatoms. The first-order valence-electron chi connectivity index (χ1n) is 4.83. The molecule has 3 nitrogen and oxygen atoms in total. The fourth-order valence-electron chi connectivity index (χ4n) is 1.38. The molecular formula is C11H14N2O. The zero-order valence-electron chi connectivity index (χ0n) is 8.31. The van der Waals surface area contributed by atoms with Gasteiger partial charge in [0, 0.05) is 18.8 Å². The van der Waals surface area contributed by atoms with Gasteiger partial charge in [-0.15, -0.1) is 0 Å². The largest absolute Gasteiger partial charge is 0.295 e. The Morgan fingerprint density at radius 3 is 2.64 bits per heavy atom. The predicted molar refractivity (Wildman–Crippen MR) is 53.7 cm³/mol. The third-order valence-corrected chi connectivity index (χ3v) is 2.13. The Kier molecular flexibility index (Phi) is 3.93. The van der Waals surface area contributed by atoms with Gasteiger partial charge in [-0.05, 0) is 18.6 Å². The van der Waals surface area contributed by atoms with E-state index in [1.54, 1.807) is 24.5 Å². The predicted octanol–water partition coefficient (Wildman–Crippen LogP) is 2.46. The van der Waals surface area contributed by atoms with Crippen LogP contribution in [0.2, 0.25) is 0 Å². The summed E-state index contributed by atoms with van der Waals surface area (Å²) >= 11 is 0. The minimum atomic E-state index is -0.144. The molecule has 0 saturated heterocycles. The molecule has 0 saturated carbocycles. The van der Waals surface area contributed by atoms with Crippen LogP contribution in [-0.4, -0.2) is 10.5 Å². The Labute approximate surface area is 84.0 Å². The zero-order valence-corrected chi connectivity index (χ0v) is 8.31. The topological polar surface area (TPSA) is 45.8 Å². The summed E-state index contributed by atoms with van der Waals surface area (Å²) in [5.74, 6) is -0.148. The second kappa shape index (κ2) is 5.23. The van der Waals surface area contributed by atoms with E-state index in [1.807, 2.05) is 6.92 Å². The molecule has 1 atom stereocenters. The second-order valence-corrected chi connectivity index (χ2v) is 3.30. The Bertz CT molecular complexity index is 322. The highest BCUT2D eigenvalue weighted by atomic mass is 16.1. The highest BCUT2D eigenvalue weighted by Crippen LogP contribution is 2.11. The van der Waals surface area contributed by atoms with Crippen molar-refractivity contribution in [1.29, 1.82) is 5.26 Å². The number of hydrogen-bond acceptors (Lipinski definition) is 2. The minimum absolute atomic E-state index is 0.00463. The van der Waals surface area contributed by atoms with Gasteiger partial charge >= 0.3 is 0 Å². The van der Waals surface area contributed by atoms with Gasteiger partial charge in [0.05, 0.1) is 12.0 Å². The van der Waals surface area contributed by atoms with Crippen molar-refractivity contribution >= 4 is 5.91 Å². The van der Waals surface area contributed by atoms with Crippen LogP contribution in [0.1, 0.15) is 31.0 Å².